The van der Waals surface area contributed by atoms with Crippen molar-refractivity contribution in [3.8, 4) is 0 Å². The van der Waals surface area contributed by atoms with E-state index in [1.54, 1.807) is 7.11 Å². The van der Waals surface area contributed by atoms with E-state index in [9.17, 15) is 0 Å². The Bertz CT molecular complexity index is 299. The van der Waals surface area contributed by atoms with Crippen molar-refractivity contribution in [3.63, 3.8) is 0 Å². The molecule has 0 aliphatic heterocycles. The van der Waals surface area contributed by atoms with E-state index in [4.69, 9.17) is 9.47 Å². The first-order chi connectivity index (χ1) is 8.64. The zero-order chi connectivity index (χ0) is 13.3. The first kappa shape index (κ1) is 15.6. The highest BCUT2D eigenvalue weighted by molar-refractivity contribution is 7.09. The number of methoxy groups -OCH3 is 1. The van der Waals surface area contributed by atoms with Crippen LogP contribution in [-0.2, 0) is 15.9 Å². The molecular formula is C14H25NO2S. The van der Waals surface area contributed by atoms with Gasteiger partial charge in [-0.05, 0) is 38.1 Å². The summed E-state index contributed by atoms with van der Waals surface area (Å²) in [4.78, 5) is 1.44. The lowest BCUT2D eigenvalue weighted by molar-refractivity contribution is -0.00933. The molecule has 0 saturated heterocycles. The van der Waals surface area contributed by atoms with Gasteiger partial charge in [-0.1, -0.05) is 6.07 Å². The lowest BCUT2D eigenvalue weighted by Gasteiger charge is -2.22. The summed E-state index contributed by atoms with van der Waals surface area (Å²) in [5.41, 5.74) is -0.0768. The Morgan fingerprint density at radius 2 is 2.11 bits per heavy atom. The van der Waals surface area contributed by atoms with Gasteiger partial charge in [-0.25, -0.2) is 0 Å². The summed E-state index contributed by atoms with van der Waals surface area (Å²) in [5.74, 6) is 0. The minimum absolute atomic E-state index is 0.0768. The van der Waals surface area contributed by atoms with Gasteiger partial charge < -0.3 is 14.8 Å². The zero-order valence-electron chi connectivity index (χ0n) is 11.7. The first-order valence-electron chi connectivity index (χ1n) is 6.50. The molecule has 0 atom stereocenters. The lowest BCUT2D eigenvalue weighted by atomic mass is 10.1. The van der Waals surface area contributed by atoms with E-state index >= 15 is 0 Å². The summed E-state index contributed by atoms with van der Waals surface area (Å²) in [5, 5.41) is 5.51. The Balaban J connectivity index is 1.87. The molecule has 0 aliphatic carbocycles. The number of nitrogens with one attached hydrogen (secondary N) is 1. The van der Waals surface area contributed by atoms with Crippen LogP contribution in [-0.4, -0.2) is 39.0 Å². The average molecular weight is 271 g/mol. The van der Waals surface area contributed by atoms with E-state index in [0.717, 1.165) is 39.1 Å². The fourth-order valence-corrected chi connectivity index (χ4v) is 2.17. The van der Waals surface area contributed by atoms with Crippen LogP contribution in [0.2, 0.25) is 0 Å². The number of ether oxygens (including phenoxy) is 2. The van der Waals surface area contributed by atoms with Gasteiger partial charge in [0.05, 0.1) is 12.2 Å². The molecule has 0 bridgehead atoms. The van der Waals surface area contributed by atoms with Gasteiger partial charge in [0, 0.05) is 31.7 Å². The second kappa shape index (κ2) is 8.64. The van der Waals surface area contributed by atoms with Crippen molar-refractivity contribution in [1.29, 1.82) is 0 Å². The third kappa shape index (κ3) is 7.11. The van der Waals surface area contributed by atoms with Crippen LogP contribution in [0.4, 0.5) is 0 Å². The summed E-state index contributed by atoms with van der Waals surface area (Å²) in [6.45, 7) is 7.62. The van der Waals surface area contributed by atoms with E-state index in [1.807, 2.05) is 11.3 Å². The van der Waals surface area contributed by atoms with Crippen LogP contribution in [0.25, 0.3) is 0 Å². The molecule has 4 heteroatoms. The third-order valence-corrected chi connectivity index (χ3v) is 3.89. The van der Waals surface area contributed by atoms with Gasteiger partial charge >= 0.3 is 0 Å². The molecule has 18 heavy (non-hydrogen) atoms. The Morgan fingerprint density at radius 3 is 2.78 bits per heavy atom. The van der Waals surface area contributed by atoms with Crippen molar-refractivity contribution in [2.45, 2.75) is 32.3 Å². The molecule has 0 fully saturated rings. The molecule has 0 saturated carbocycles. The molecule has 1 aromatic heterocycles. The highest BCUT2D eigenvalue weighted by atomic mass is 32.1. The number of rotatable bonds is 10. The SMILES string of the molecule is COC(C)(C)CCOCCNCCc1cccs1. The molecule has 3 nitrogen and oxygen atoms in total. The second-order valence-electron chi connectivity index (χ2n) is 4.91. The minimum Gasteiger partial charge on any atom is -0.380 e. The molecule has 1 aromatic rings. The largest absolute Gasteiger partial charge is 0.380 e. The normalized spacial score (nSPS) is 11.9. The van der Waals surface area contributed by atoms with Crippen LogP contribution in [0, 0.1) is 0 Å². The maximum atomic E-state index is 5.57. The van der Waals surface area contributed by atoms with Gasteiger partial charge in [0.15, 0.2) is 0 Å². The summed E-state index contributed by atoms with van der Waals surface area (Å²) < 4.78 is 10.9. The molecule has 104 valence electrons. The quantitative estimate of drug-likeness (QED) is 0.664. The Labute approximate surface area is 114 Å². The van der Waals surface area contributed by atoms with E-state index in [1.165, 1.54) is 4.88 Å². The predicted octanol–water partition coefficient (Wildman–Crippen LogP) is 2.71. The predicted molar refractivity (Wildman–Crippen MR) is 77.4 cm³/mol. The van der Waals surface area contributed by atoms with Gasteiger partial charge in [0.2, 0.25) is 0 Å². The van der Waals surface area contributed by atoms with Gasteiger partial charge in [0.1, 0.15) is 0 Å². The molecule has 0 unspecified atom stereocenters. The van der Waals surface area contributed by atoms with Crippen molar-refractivity contribution in [3.05, 3.63) is 22.4 Å². The standard InChI is InChI=1S/C14H25NO2S/c1-14(2,16-3)7-10-17-11-9-15-8-6-13-5-4-12-18-13/h4-5,12,15H,6-11H2,1-3H3. The van der Waals surface area contributed by atoms with Crippen LogP contribution in [0.1, 0.15) is 25.1 Å². The number of hydrogen-bond acceptors (Lipinski definition) is 4. The molecular weight excluding hydrogens is 246 g/mol. The lowest BCUT2D eigenvalue weighted by Crippen LogP contribution is -2.26. The minimum atomic E-state index is -0.0768. The summed E-state index contributed by atoms with van der Waals surface area (Å²) in [6, 6.07) is 4.27. The van der Waals surface area contributed by atoms with Crippen LogP contribution in [0.3, 0.4) is 0 Å². The molecule has 0 aliphatic rings. The van der Waals surface area contributed by atoms with Crippen LogP contribution in [0.5, 0.6) is 0 Å². The fraction of sp³-hybridized carbons (Fsp3) is 0.714. The van der Waals surface area contributed by atoms with Crippen LogP contribution < -0.4 is 5.32 Å². The van der Waals surface area contributed by atoms with Crippen molar-refractivity contribution >= 4 is 11.3 Å². The van der Waals surface area contributed by atoms with E-state index < -0.39 is 0 Å². The third-order valence-electron chi connectivity index (χ3n) is 2.95. The molecule has 0 amide bonds. The van der Waals surface area contributed by atoms with Crippen LogP contribution >= 0.6 is 11.3 Å². The summed E-state index contributed by atoms with van der Waals surface area (Å²) in [7, 11) is 1.74. The molecule has 1 heterocycles. The second-order valence-corrected chi connectivity index (χ2v) is 5.94. The van der Waals surface area contributed by atoms with Crippen molar-refractivity contribution in [1.82, 2.24) is 5.32 Å². The first-order valence-corrected chi connectivity index (χ1v) is 7.38. The number of hydrogen-bond donors (Lipinski definition) is 1. The van der Waals surface area contributed by atoms with Crippen molar-refractivity contribution in [2.75, 3.05) is 33.4 Å². The average Bonchev–Trinajstić information content (AvgIpc) is 2.85. The zero-order valence-corrected chi connectivity index (χ0v) is 12.5. The fourth-order valence-electron chi connectivity index (χ4n) is 1.46. The van der Waals surface area contributed by atoms with Gasteiger partial charge in [-0.2, -0.15) is 0 Å². The van der Waals surface area contributed by atoms with Gasteiger partial charge in [-0.3, -0.25) is 0 Å². The van der Waals surface area contributed by atoms with Crippen LogP contribution in [0.15, 0.2) is 17.5 Å². The molecule has 0 aromatic carbocycles. The Hall–Kier alpha value is -0.420. The molecule has 0 radical (unpaired) electrons. The molecule has 1 rings (SSSR count). The summed E-state index contributed by atoms with van der Waals surface area (Å²) in [6.07, 6.45) is 2.03. The van der Waals surface area contributed by atoms with Gasteiger partial charge in [-0.15, -0.1) is 11.3 Å². The number of thiophene rings is 1. The van der Waals surface area contributed by atoms with E-state index in [0.29, 0.717) is 0 Å². The Morgan fingerprint density at radius 1 is 1.28 bits per heavy atom. The highest BCUT2D eigenvalue weighted by Crippen LogP contribution is 2.12. The summed E-state index contributed by atoms with van der Waals surface area (Å²) >= 11 is 1.81. The van der Waals surface area contributed by atoms with E-state index in [2.05, 4.69) is 36.7 Å². The van der Waals surface area contributed by atoms with Gasteiger partial charge in [0.25, 0.3) is 0 Å². The maximum absolute atomic E-state index is 5.57. The highest BCUT2D eigenvalue weighted by Gasteiger charge is 2.15. The monoisotopic (exact) mass is 271 g/mol. The smallest absolute Gasteiger partial charge is 0.0644 e. The van der Waals surface area contributed by atoms with Crippen molar-refractivity contribution < 1.29 is 9.47 Å². The maximum Gasteiger partial charge on any atom is 0.0644 e. The molecule has 1 N–H and O–H groups in total. The van der Waals surface area contributed by atoms with E-state index in [-0.39, 0.29) is 5.60 Å². The molecule has 0 spiro atoms. The Kier molecular flexibility index (Phi) is 7.51. The van der Waals surface area contributed by atoms with Crippen molar-refractivity contribution in [2.24, 2.45) is 0 Å². The topological polar surface area (TPSA) is 30.5 Å².